The van der Waals surface area contributed by atoms with Gasteiger partial charge in [0.25, 0.3) is 0 Å². The minimum atomic E-state index is 0.0181. The van der Waals surface area contributed by atoms with Gasteiger partial charge in [-0.25, -0.2) is 4.79 Å². The Balaban J connectivity index is 1.71. The molecule has 0 aromatic carbocycles. The van der Waals surface area contributed by atoms with Gasteiger partial charge in [-0.05, 0) is 32.6 Å². The Morgan fingerprint density at radius 3 is 2.30 bits per heavy atom. The van der Waals surface area contributed by atoms with Gasteiger partial charge in [0.2, 0.25) is 5.91 Å². The number of carbonyl (C=O) groups is 2. The van der Waals surface area contributed by atoms with Gasteiger partial charge < -0.3 is 15.5 Å². The van der Waals surface area contributed by atoms with Gasteiger partial charge in [-0.1, -0.05) is 19.3 Å². The summed E-state index contributed by atoms with van der Waals surface area (Å²) in [6.45, 7) is 4.06. The zero-order valence-corrected chi connectivity index (χ0v) is 12.5. The average molecular weight is 281 g/mol. The molecule has 2 N–H and O–H groups in total. The van der Waals surface area contributed by atoms with E-state index in [-0.39, 0.29) is 23.9 Å². The first-order chi connectivity index (χ1) is 9.70. The first-order valence-electron chi connectivity index (χ1n) is 8.04. The third-order valence-corrected chi connectivity index (χ3v) is 4.43. The molecule has 20 heavy (non-hydrogen) atoms. The van der Waals surface area contributed by atoms with Crippen molar-refractivity contribution in [3.8, 4) is 0 Å². The van der Waals surface area contributed by atoms with E-state index in [0.717, 1.165) is 38.8 Å². The summed E-state index contributed by atoms with van der Waals surface area (Å²) in [5.41, 5.74) is 0. The molecular formula is C15H27N3O2. The van der Waals surface area contributed by atoms with E-state index >= 15 is 0 Å². The maximum absolute atomic E-state index is 12.2. The van der Waals surface area contributed by atoms with Crippen molar-refractivity contribution in [2.24, 2.45) is 5.92 Å². The molecule has 0 unspecified atom stereocenters. The van der Waals surface area contributed by atoms with Gasteiger partial charge in [0.05, 0.1) is 0 Å². The van der Waals surface area contributed by atoms with Crippen LogP contribution in [0.2, 0.25) is 0 Å². The third kappa shape index (κ3) is 4.12. The first-order valence-corrected chi connectivity index (χ1v) is 8.04. The molecule has 0 aromatic heterocycles. The molecule has 114 valence electrons. The van der Waals surface area contributed by atoms with E-state index in [0.29, 0.717) is 6.54 Å². The molecule has 0 radical (unpaired) electrons. The normalized spacial score (nSPS) is 21.6. The van der Waals surface area contributed by atoms with Crippen LogP contribution in [0.3, 0.4) is 0 Å². The van der Waals surface area contributed by atoms with Crippen molar-refractivity contribution in [1.29, 1.82) is 0 Å². The topological polar surface area (TPSA) is 61.4 Å². The Morgan fingerprint density at radius 2 is 1.70 bits per heavy atom. The summed E-state index contributed by atoms with van der Waals surface area (Å²) in [6.07, 6.45) is 7.48. The maximum atomic E-state index is 12.2. The minimum absolute atomic E-state index is 0.0181. The van der Waals surface area contributed by atoms with Crippen LogP contribution in [0.15, 0.2) is 0 Å². The number of nitrogens with one attached hydrogen (secondary N) is 2. The van der Waals surface area contributed by atoms with Crippen molar-refractivity contribution < 1.29 is 9.59 Å². The van der Waals surface area contributed by atoms with Crippen molar-refractivity contribution in [2.45, 2.75) is 57.9 Å². The summed E-state index contributed by atoms with van der Waals surface area (Å²) in [5, 5.41) is 6.00. The fraction of sp³-hybridized carbons (Fsp3) is 0.867. The molecule has 0 spiro atoms. The highest BCUT2D eigenvalue weighted by Gasteiger charge is 2.26. The van der Waals surface area contributed by atoms with E-state index in [2.05, 4.69) is 10.6 Å². The van der Waals surface area contributed by atoms with Crippen LogP contribution < -0.4 is 10.6 Å². The highest BCUT2D eigenvalue weighted by molar-refractivity contribution is 5.79. The van der Waals surface area contributed by atoms with Crippen molar-refractivity contribution in [2.75, 3.05) is 19.6 Å². The molecule has 1 aliphatic carbocycles. The molecule has 0 atom stereocenters. The van der Waals surface area contributed by atoms with E-state index in [9.17, 15) is 9.59 Å². The summed E-state index contributed by atoms with van der Waals surface area (Å²) in [7, 11) is 0. The number of nitrogens with zero attached hydrogens (tertiary/aromatic N) is 1. The molecule has 5 heteroatoms. The largest absolute Gasteiger partial charge is 0.353 e. The fourth-order valence-corrected chi connectivity index (χ4v) is 3.17. The SMILES string of the molecule is CCNC(=O)N1CCC(NC(=O)C2CCCCC2)CC1. The predicted molar refractivity (Wildman–Crippen MR) is 78.4 cm³/mol. The standard InChI is InChI=1S/C15H27N3O2/c1-2-16-15(20)18-10-8-13(9-11-18)17-14(19)12-6-4-3-5-7-12/h12-13H,2-11H2,1H3,(H,16,20)(H,17,19). The average Bonchev–Trinajstić information content (AvgIpc) is 2.49. The Labute approximate surface area is 121 Å². The van der Waals surface area contributed by atoms with Gasteiger partial charge in [-0.15, -0.1) is 0 Å². The lowest BCUT2D eigenvalue weighted by atomic mass is 9.88. The van der Waals surface area contributed by atoms with E-state index < -0.39 is 0 Å². The highest BCUT2D eigenvalue weighted by atomic mass is 16.2. The second-order valence-electron chi connectivity index (χ2n) is 5.94. The van der Waals surface area contributed by atoms with Crippen LogP contribution in [0.5, 0.6) is 0 Å². The monoisotopic (exact) mass is 281 g/mol. The Bertz CT molecular complexity index is 332. The summed E-state index contributed by atoms with van der Waals surface area (Å²) < 4.78 is 0. The van der Waals surface area contributed by atoms with Crippen molar-refractivity contribution in [3.63, 3.8) is 0 Å². The molecule has 1 heterocycles. The fourth-order valence-electron chi connectivity index (χ4n) is 3.17. The van der Waals surface area contributed by atoms with E-state index in [4.69, 9.17) is 0 Å². The van der Waals surface area contributed by atoms with Crippen molar-refractivity contribution >= 4 is 11.9 Å². The second-order valence-corrected chi connectivity index (χ2v) is 5.94. The third-order valence-electron chi connectivity index (χ3n) is 4.43. The van der Waals surface area contributed by atoms with Crippen LogP contribution in [0.1, 0.15) is 51.9 Å². The van der Waals surface area contributed by atoms with Gasteiger partial charge >= 0.3 is 6.03 Å². The number of piperidine rings is 1. The number of hydrogen-bond acceptors (Lipinski definition) is 2. The van der Waals surface area contributed by atoms with Gasteiger partial charge in [0.1, 0.15) is 0 Å². The molecule has 2 rings (SSSR count). The van der Waals surface area contributed by atoms with E-state index in [1.54, 1.807) is 0 Å². The number of likely N-dealkylation sites (tertiary alicyclic amines) is 1. The summed E-state index contributed by atoms with van der Waals surface area (Å²) >= 11 is 0. The van der Waals surface area contributed by atoms with Crippen LogP contribution in [-0.4, -0.2) is 42.5 Å². The molecule has 2 fully saturated rings. The quantitative estimate of drug-likeness (QED) is 0.829. The number of rotatable bonds is 3. The smallest absolute Gasteiger partial charge is 0.317 e. The van der Waals surface area contributed by atoms with Gasteiger partial charge in [0, 0.05) is 31.6 Å². The highest BCUT2D eigenvalue weighted by Crippen LogP contribution is 2.24. The first kappa shape index (κ1) is 15.1. The van der Waals surface area contributed by atoms with E-state index in [1.807, 2.05) is 11.8 Å². The van der Waals surface area contributed by atoms with Crippen LogP contribution in [0.25, 0.3) is 0 Å². The molecule has 1 aliphatic heterocycles. The minimum Gasteiger partial charge on any atom is -0.353 e. The molecule has 0 bridgehead atoms. The van der Waals surface area contributed by atoms with Crippen molar-refractivity contribution in [3.05, 3.63) is 0 Å². The van der Waals surface area contributed by atoms with Crippen molar-refractivity contribution in [1.82, 2.24) is 15.5 Å². The molecule has 1 saturated carbocycles. The lowest BCUT2D eigenvalue weighted by molar-refractivity contribution is -0.126. The lowest BCUT2D eigenvalue weighted by Crippen LogP contribution is -2.50. The number of carbonyl (C=O) groups excluding carboxylic acids is 2. The van der Waals surface area contributed by atoms with Crippen LogP contribution in [0.4, 0.5) is 4.79 Å². The Kier molecular flexibility index (Phi) is 5.68. The zero-order chi connectivity index (χ0) is 14.4. The van der Waals surface area contributed by atoms with Gasteiger partial charge in [-0.3, -0.25) is 4.79 Å². The van der Waals surface area contributed by atoms with Crippen LogP contribution in [0, 0.1) is 5.92 Å². The molecule has 1 saturated heterocycles. The molecule has 2 aliphatic rings. The number of urea groups is 1. The van der Waals surface area contributed by atoms with Crippen LogP contribution >= 0.6 is 0 Å². The zero-order valence-electron chi connectivity index (χ0n) is 12.5. The van der Waals surface area contributed by atoms with Crippen LogP contribution in [-0.2, 0) is 4.79 Å². The summed E-state index contributed by atoms with van der Waals surface area (Å²) in [5.74, 6) is 0.464. The summed E-state index contributed by atoms with van der Waals surface area (Å²) in [6, 6.07) is 0.264. The summed E-state index contributed by atoms with van der Waals surface area (Å²) in [4.78, 5) is 25.7. The molecule has 5 nitrogen and oxygen atoms in total. The lowest BCUT2D eigenvalue weighted by Gasteiger charge is -2.33. The Hall–Kier alpha value is -1.26. The maximum Gasteiger partial charge on any atom is 0.317 e. The molecule has 0 aromatic rings. The van der Waals surface area contributed by atoms with E-state index in [1.165, 1.54) is 19.3 Å². The van der Waals surface area contributed by atoms with Gasteiger partial charge in [-0.2, -0.15) is 0 Å². The molecular weight excluding hydrogens is 254 g/mol. The number of hydrogen-bond donors (Lipinski definition) is 2. The number of amides is 3. The van der Waals surface area contributed by atoms with Gasteiger partial charge in [0.15, 0.2) is 0 Å². The Morgan fingerprint density at radius 1 is 1.05 bits per heavy atom. The second kappa shape index (κ2) is 7.50. The molecule has 3 amide bonds. The predicted octanol–water partition coefficient (Wildman–Crippen LogP) is 1.88.